The molecule has 1 aromatic heterocycles. The molecule has 2 nitrogen and oxygen atoms in total. The van der Waals surface area contributed by atoms with Crippen LogP contribution in [0, 0.1) is 11.7 Å². The van der Waals surface area contributed by atoms with Gasteiger partial charge in [-0.3, -0.25) is 4.98 Å². The van der Waals surface area contributed by atoms with Gasteiger partial charge in [-0.05, 0) is 36.9 Å². The zero-order valence-corrected chi connectivity index (χ0v) is 9.75. The third-order valence-electron chi connectivity index (χ3n) is 3.14. The lowest BCUT2D eigenvalue weighted by molar-refractivity contribution is 0.477. The minimum Gasteiger partial charge on any atom is -0.310 e. The summed E-state index contributed by atoms with van der Waals surface area (Å²) < 4.78 is 13.1. The van der Waals surface area contributed by atoms with Crippen molar-refractivity contribution in [3.63, 3.8) is 0 Å². The first-order valence-corrected chi connectivity index (χ1v) is 6.13. The van der Waals surface area contributed by atoms with Crippen molar-refractivity contribution in [2.75, 3.05) is 6.54 Å². The predicted octanol–water partition coefficient (Wildman–Crippen LogP) is 3.06. The van der Waals surface area contributed by atoms with Gasteiger partial charge in [-0.2, -0.15) is 0 Å². The second-order valence-electron chi connectivity index (χ2n) is 4.57. The fourth-order valence-corrected chi connectivity index (χ4v) is 2.06. The molecule has 1 aliphatic carbocycles. The summed E-state index contributed by atoms with van der Waals surface area (Å²) in [6, 6.07) is 1.85. The Labute approximate surface area is 96.3 Å². The third-order valence-corrected chi connectivity index (χ3v) is 3.14. The summed E-state index contributed by atoms with van der Waals surface area (Å²) in [6.45, 7) is 2.99. The molecule has 0 bridgehead atoms. The number of nitrogens with one attached hydrogen (secondary N) is 1. The van der Waals surface area contributed by atoms with Crippen molar-refractivity contribution < 1.29 is 4.39 Å². The Bertz CT molecular complexity index is 336. The molecule has 0 radical (unpaired) electrons. The van der Waals surface area contributed by atoms with Crippen LogP contribution in [0.2, 0.25) is 0 Å². The lowest BCUT2D eigenvalue weighted by Gasteiger charge is -2.17. The number of halogens is 1. The first-order valence-electron chi connectivity index (χ1n) is 6.13. The smallest absolute Gasteiger partial charge is 0.141 e. The van der Waals surface area contributed by atoms with Crippen LogP contribution in [0.15, 0.2) is 18.5 Å². The summed E-state index contributed by atoms with van der Waals surface area (Å²) in [7, 11) is 0. The molecule has 1 aliphatic rings. The van der Waals surface area contributed by atoms with Gasteiger partial charge in [0.2, 0.25) is 0 Å². The highest BCUT2D eigenvalue weighted by molar-refractivity contribution is 5.15. The van der Waals surface area contributed by atoms with E-state index in [2.05, 4.69) is 17.2 Å². The average Bonchev–Trinajstić information content (AvgIpc) is 3.08. The Balaban J connectivity index is 1.98. The minimum atomic E-state index is -0.244. The maximum absolute atomic E-state index is 13.1. The minimum absolute atomic E-state index is 0.244. The van der Waals surface area contributed by atoms with E-state index in [4.69, 9.17) is 0 Å². The average molecular weight is 222 g/mol. The molecule has 3 heteroatoms. The van der Waals surface area contributed by atoms with Crippen molar-refractivity contribution in [2.24, 2.45) is 5.92 Å². The molecule has 1 atom stereocenters. The summed E-state index contributed by atoms with van der Waals surface area (Å²) in [5.41, 5.74) is 0.975. The maximum atomic E-state index is 13.1. The number of rotatable bonds is 6. The number of hydrogen-bond acceptors (Lipinski definition) is 2. The van der Waals surface area contributed by atoms with E-state index in [9.17, 15) is 4.39 Å². The van der Waals surface area contributed by atoms with Crippen molar-refractivity contribution in [2.45, 2.75) is 38.6 Å². The van der Waals surface area contributed by atoms with E-state index in [0.717, 1.165) is 24.4 Å². The fourth-order valence-electron chi connectivity index (χ4n) is 2.06. The quantitative estimate of drug-likeness (QED) is 0.800. The second kappa shape index (κ2) is 5.39. The van der Waals surface area contributed by atoms with Crippen LogP contribution in [0.5, 0.6) is 0 Å². The molecule has 1 heterocycles. The van der Waals surface area contributed by atoms with E-state index in [0.29, 0.717) is 0 Å². The van der Waals surface area contributed by atoms with Gasteiger partial charge < -0.3 is 5.32 Å². The highest BCUT2D eigenvalue weighted by Crippen LogP contribution is 2.35. The van der Waals surface area contributed by atoms with Crippen molar-refractivity contribution >= 4 is 0 Å². The Kier molecular flexibility index (Phi) is 3.88. The Morgan fingerprint density at radius 2 is 2.31 bits per heavy atom. The van der Waals surface area contributed by atoms with Crippen LogP contribution in [0.4, 0.5) is 4.39 Å². The van der Waals surface area contributed by atoms with E-state index in [-0.39, 0.29) is 11.9 Å². The molecule has 1 saturated carbocycles. The Morgan fingerprint density at radius 1 is 1.50 bits per heavy atom. The number of pyridine rings is 1. The summed E-state index contributed by atoms with van der Waals surface area (Å²) in [6.07, 6.45) is 8.11. The summed E-state index contributed by atoms with van der Waals surface area (Å²) in [4.78, 5) is 3.92. The Morgan fingerprint density at radius 3 is 2.94 bits per heavy atom. The monoisotopic (exact) mass is 222 g/mol. The molecule has 88 valence electrons. The molecule has 0 amide bonds. The van der Waals surface area contributed by atoms with Crippen LogP contribution < -0.4 is 5.32 Å². The molecule has 0 spiro atoms. The predicted molar refractivity (Wildman–Crippen MR) is 62.6 cm³/mol. The second-order valence-corrected chi connectivity index (χ2v) is 4.57. The van der Waals surface area contributed by atoms with Crippen LogP contribution in [-0.4, -0.2) is 11.5 Å². The number of hydrogen-bond donors (Lipinski definition) is 1. The highest BCUT2D eigenvalue weighted by Gasteiger charge is 2.23. The van der Waals surface area contributed by atoms with Crippen LogP contribution in [0.3, 0.4) is 0 Å². The maximum Gasteiger partial charge on any atom is 0.141 e. The number of nitrogens with zero attached hydrogens (tertiary/aromatic N) is 1. The zero-order chi connectivity index (χ0) is 11.4. The lowest BCUT2D eigenvalue weighted by atomic mass is 10.0. The van der Waals surface area contributed by atoms with Gasteiger partial charge >= 0.3 is 0 Å². The molecule has 1 fully saturated rings. The molecular formula is C13H19FN2. The van der Waals surface area contributed by atoms with E-state index < -0.39 is 0 Å². The normalized spacial score (nSPS) is 17.4. The van der Waals surface area contributed by atoms with Gasteiger partial charge in [0.1, 0.15) is 5.82 Å². The molecule has 1 N–H and O–H groups in total. The fraction of sp³-hybridized carbons (Fsp3) is 0.615. The lowest BCUT2D eigenvalue weighted by Crippen LogP contribution is -2.21. The van der Waals surface area contributed by atoms with Gasteiger partial charge in [0.25, 0.3) is 0 Å². The van der Waals surface area contributed by atoms with E-state index in [1.807, 2.05) is 0 Å². The van der Waals surface area contributed by atoms with Gasteiger partial charge in [-0.15, -0.1) is 0 Å². The first-order chi connectivity index (χ1) is 7.79. The van der Waals surface area contributed by atoms with Crippen molar-refractivity contribution in [3.8, 4) is 0 Å². The van der Waals surface area contributed by atoms with Crippen LogP contribution in [0.25, 0.3) is 0 Å². The highest BCUT2D eigenvalue weighted by atomic mass is 19.1. The van der Waals surface area contributed by atoms with Gasteiger partial charge in [-0.1, -0.05) is 19.8 Å². The Hall–Kier alpha value is -0.960. The van der Waals surface area contributed by atoms with Crippen LogP contribution in [-0.2, 0) is 0 Å². The number of aromatic nitrogens is 1. The van der Waals surface area contributed by atoms with Crippen LogP contribution >= 0.6 is 0 Å². The topological polar surface area (TPSA) is 24.9 Å². The van der Waals surface area contributed by atoms with Crippen molar-refractivity contribution in [1.82, 2.24) is 10.3 Å². The zero-order valence-electron chi connectivity index (χ0n) is 9.75. The summed E-state index contributed by atoms with van der Waals surface area (Å²) in [5.74, 6) is 0.675. The van der Waals surface area contributed by atoms with E-state index in [1.165, 1.54) is 25.5 Å². The van der Waals surface area contributed by atoms with E-state index in [1.54, 1.807) is 12.3 Å². The molecule has 1 aromatic rings. The first kappa shape index (κ1) is 11.5. The standard InChI is InChI=1S/C13H19FN2/c1-2-16-13(6-5-10-3-4-10)11-7-12(14)9-15-8-11/h7-10,13,16H,2-6H2,1H3. The molecule has 1 unspecified atom stereocenters. The molecule has 0 saturated heterocycles. The third kappa shape index (κ3) is 3.27. The SMILES string of the molecule is CCNC(CCC1CC1)c1cncc(F)c1. The largest absolute Gasteiger partial charge is 0.310 e. The molecule has 0 aromatic carbocycles. The van der Waals surface area contributed by atoms with Gasteiger partial charge in [0.15, 0.2) is 0 Å². The molecule has 16 heavy (non-hydrogen) atoms. The van der Waals surface area contributed by atoms with Crippen LogP contribution in [0.1, 0.15) is 44.2 Å². The molecule has 0 aliphatic heterocycles. The van der Waals surface area contributed by atoms with Crippen molar-refractivity contribution in [3.05, 3.63) is 29.8 Å². The molecule has 2 rings (SSSR count). The molecular weight excluding hydrogens is 203 g/mol. The van der Waals surface area contributed by atoms with Gasteiger partial charge in [0.05, 0.1) is 6.20 Å². The van der Waals surface area contributed by atoms with Gasteiger partial charge in [0, 0.05) is 12.2 Å². The van der Waals surface area contributed by atoms with Crippen molar-refractivity contribution in [1.29, 1.82) is 0 Å². The van der Waals surface area contributed by atoms with E-state index >= 15 is 0 Å². The summed E-state index contributed by atoms with van der Waals surface area (Å²) in [5, 5.41) is 3.40. The van der Waals surface area contributed by atoms with Gasteiger partial charge in [-0.25, -0.2) is 4.39 Å². The summed E-state index contributed by atoms with van der Waals surface area (Å²) >= 11 is 0.